The fourth-order valence-electron chi connectivity index (χ4n) is 1.56. The lowest BCUT2D eigenvalue weighted by molar-refractivity contribution is 0.0696. The van der Waals surface area contributed by atoms with Gasteiger partial charge in [-0.2, -0.15) is 0 Å². The molecule has 110 valence electrons. The maximum Gasteiger partial charge on any atom is 0.335 e. The molecule has 0 aliphatic rings. The molecule has 0 radical (unpaired) electrons. The van der Waals surface area contributed by atoms with Crippen LogP contribution in [0.4, 0.5) is 5.69 Å². The Labute approximate surface area is 123 Å². The van der Waals surface area contributed by atoms with Crippen molar-refractivity contribution in [3.8, 4) is 0 Å². The normalized spacial score (nSPS) is 11.0. The van der Waals surface area contributed by atoms with Crippen LogP contribution in [0, 0.1) is 0 Å². The van der Waals surface area contributed by atoms with Gasteiger partial charge in [-0.1, -0.05) is 6.07 Å². The Morgan fingerprint density at radius 3 is 2.05 bits per heavy atom. The van der Waals surface area contributed by atoms with Crippen LogP contribution in [0.1, 0.15) is 20.7 Å². The molecule has 1 aromatic heterocycles. The number of hydrogen-bond acceptors (Lipinski definition) is 5. The predicted octanol–water partition coefficient (Wildman–Crippen LogP) is 1.95. The maximum absolute atomic E-state index is 12.0. The average Bonchev–Trinajstić information content (AvgIpc) is 2.92. The molecule has 1 aromatic carbocycles. The molecule has 0 saturated carbocycles. The second kappa shape index (κ2) is 5.54. The second-order valence-corrected chi connectivity index (χ2v) is 6.80. The van der Waals surface area contributed by atoms with Crippen LogP contribution in [0.25, 0.3) is 0 Å². The molecular formula is C12H9NO6S2. The zero-order chi connectivity index (χ0) is 15.6. The zero-order valence-corrected chi connectivity index (χ0v) is 11.9. The molecular weight excluding hydrogens is 318 g/mol. The van der Waals surface area contributed by atoms with E-state index in [0.717, 1.165) is 29.5 Å². The number of rotatable bonds is 5. The summed E-state index contributed by atoms with van der Waals surface area (Å²) in [5.74, 6) is -2.70. The lowest BCUT2D eigenvalue weighted by atomic mass is 10.1. The summed E-state index contributed by atoms with van der Waals surface area (Å²) in [4.78, 5) is 21.9. The summed E-state index contributed by atoms with van der Waals surface area (Å²) in [6.07, 6.45) is 0. The Bertz CT molecular complexity index is 763. The van der Waals surface area contributed by atoms with Crippen LogP contribution < -0.4 is 4.72 Å². The van der Waals surface area contributed by atoms with Gasteiger partial charge in [0.05, 0.1) is 16.8 Å². The van der Waals surface area contributed by atoms with E-state index in [2.05, 4.69) is 4.72 Å². The quantitative estimate of drug-likeness (QED) is 0.772. The van der Waals surface area contributed by atoms with Gasteiger partial charge in [-0.15, -0.1) is 11.3 Å². The average molecular weight is 327 g/mol. The van der Waals surface area contributed by atoms with Gasteiger partial charge in [0.2, 0.25) is 0 Å². The van der Waals surface area contributed by atoms with Gasteiger partial charge in [0.25, 0.3) is 10.0 Å². The molecule has 2 rings (SSSR count). The fraction of sp³-hybridized carbons (Fsp3) is 0. The molecule has 2 aromatic rings. The highest BCUT2D eigenvalue weighted by Gasteiger charge is 2.18. The van der Waals surface area contributed by atoms with E-state index in [9.17, 15) is 18.0 Å². The van der Waals surface area contributed by atoms with Gasteiger partial charge in [-0.05, 0) is 29.6 Å². The first-order chi connectivity index (χ1) is 9.79. The third-order valence-electron chi connectivity index (χ3n) is 2.44. The molecule has 0 atom stereocenters. The van der Waals surface area contributed by atoms with E-state index < -0.39 is 22.0 Å². The monoisotopic (exact) mass is 327 g/mol. The molecule has 1 heterocycles. The van der Waals surface area contributed by atoms with Gasteiger partial charge >= 0.3 is 11.9 Å². The first-order valence-corrected chi connectivity index (χ1v) is 7.84. The van der Waals surface area contributed by atoms with Crippen molar-refractivity contribution in [2.75, 3.05) is 4.72 Å². The third-order valence-corrected chi connectivity index (χ3v) is 5.22. The van der Waals surface area contributed by atoms with E-state index in [0.29, 0.717) is 0 Å². The number of nitrogens with one attached hydrogen (secondary N) is 1. The number of hydrogen-bond donors (Lipinski definition) is 3. The zero-order valence-electron chi connectivity index (χ0n) is 10.3. The van der Waals surface area contributed by atoms with E-state index >= 15 is 0 Å². The number of sulfonamides is 1. The van der Waals surface area contributed by atoms with Crippen molar-refractivity contribution < 1.29 is 28.2 Å². The van der Waals surface area contributed by atoms with Crippen molar-refractivity contribution in [1.82, 2.24) is 0 Å². The molecule has 0 unspecified atom stereocenters. The molecule has 0 amide bonds. The van der Waals surface area contributed by atoms with Crippen molar-refractivity contribution >= 4 is 39.0 Å². The van der Waals surface area contributed by atoms with E-state index in [1.165, 1.54) is 6.07 Å². The fourth-order valence-corrected chi connectivity index (χ4v) is 3.59. The molecule has 0 bridgehead atoms. The highest BCUT2D eigenvalue weighted by molar-refractivity contribution is 7.94. The maximum atomic E-state index is 12.0. The Balaban J connectivity index is 2.45. The Morgan fingerprint density at radius 2 is 1.62 bits per heavy atom. The first kappa shape index (κ1) is 15.0. The second-order valence-electron chi connectivity index (χ2n) is 3.95. The van der Waals surface area contributed by atoms with Crippen LogP contribution in [0.5, 0.6) is 0 Å². The van der Waals surface area contributed by atoms with E-state index in [1.807, 2.05) is 0 Å². The molecule has 0 aliphatic heterocycles. The molecule has 3 N–H and O–H groups in total. The number of anilines is 1. The van der Waals surface area contributed by atoms with Crippen molar-refractivity contribution in [1.29, 1.82) is 0 Å². The van der Waals surface area contributed by atoms with Crippen LogP contribution in [0.3, 0.4) is 0 Å². The lowest BCUT2D eigenvalue weighted by Crippen LogP contribution is -2.13. The number of carbonyl (C=O) groups is 2. The number of aromatic carboxylic acids is 2. The van der Waals surface area contributed by atoms with Crippen LogP contribution in [-0.4, -0.2) is 30.6 Å². The third kappa shape index (κ3) is 3.38. The van der Waals surface area contributed by atoms with Gasteiger partial charge in [0.15, 0.2) is 0 Å². The minimum absolute atomic E-state index is 0.0418. The molecule has 9 heteroatoms. The number of carboxylic acids is 2. The number of carboxylic acid groups (broad SMARTS) is 2. The molecule has 0 spiro atoms. The van der Waals surface area contributed by atoms with E-state index in [4.69, 9.17) is 10.2 Å². The Kier molecular flexibility index (Phi) is 3.96. The van der Waals surface area contributed by atoms with Crippen LogP contribution in [0.2, 0.25) is 0 Å². The number of benzene rings is 1. The Hall–Kier alpha value is -2.39. The molecule has 21 heavy (non-hydrogen) atoms. The SMILES string of the molecule is O=C(O)c1cc(NS(=O)(=O)c2cccs2)cc(C(=O)O)c1. The van der Waals surface area contributed by atoms with Crippen LogP contribution >= 0.6 is 11.3 Å². The standard InChI is InChI=1S/C12H9NO6S2/c14-11(15)7-4-8(12(16)17)6-9(5-7)13-21(18,19)10-2-1-3-20-10/h1-6,13H,(H,14,15)(H,16,17). The Morgan fingerprint density at radius 1 is 1.05 bits per heavy atom. The summed E-state index contributed by atoms with van der Waals surface area (Å²) < 4.78 is 26.3. The lowest BCUT2D eigenvalue weighted by Gasteiger charge is -2.08. The summed E-state index contributed by atoms with van der Waals surface area (Å²) in [5, 5.41) is 19.4. The van der Waals surface area contributed by atoms with Gasteiger partial charge in [-0.25, -0.2) is 18.0 Å². The number of thiophene rings is 1. The van der Waals surface area contributed by atoms with Crippen LogP contribution in [-0.2, 0) is 10.0 Å². The molecule has 0 aliphatic carbocycles. The molecule has 0 saturated heterocycles. The van der Waals surface area contributed by atoms with E-state index in [-0.39, 0.29) is 21.0 Å². The van der Waals surface area contributed by atoms with E-state index in [1.54, 1.807) is 11.4 Å². The summed E-state index contributed by atoms with van der Waals surface area (Å²) in [6.45, 7) is 0. The van der Waals surface area contributed by atoms with Crippen molar-refractivity contribution in [2.45, 2.75) is 4.21 Å². The molecule has 7 nitrogen and oxygen atoms in total. The van der Waals surface area contributed by atoms with Crippen molar-refractivity contribution in [2.24, 2.45) is 0 Å². The summed E-state index contributed by atoms with van der Waals surface area (Å²) in [7, 11) is -3.87. The summed E-state index contributed by atoms with van der Waals surface area (Å²) >= 11 is 0.987. The van der Waals surface area contributed by atoms with Gasteiger partial charge < -0.3 is 10.2 Å². The smallest absolute Gasteiger partial charge is 0.335 e. The highest BCUT2D eigenvalue weighted by Crippen LogP contribution is 2.22. The van der Waals surface area contributed by atoms with Crippen molar-refractivity contribution in [3.05, 3.63) is 46.8 Å². The summed E-state index contributed by atoms with van der Waals surface area (Å²) in [5.41, 5.74) is -0.766. The van der Waals surface area contributed by atoms with Gasteiger partial charge in [0.1, 0.15) is 4.21 Å². The van der Waals surface area contributed by atoms with Crippen molar-refractivity contribution in [3.63, 3.8) is 0 Å². The predicted molar refractivity (Wildman–Crippen MR) is 75.5 cm³/mol. The van der Waals surface area contributed by atoms with Crippen LogP contribution in [0.15, 0.2) is 39.9 Å². The largest absolute Gasteiger partial charge is 0.478 e. The minimum Gasteiger partial charge on any atom is -0.478 e. The molecule has 0 fully saturated rings. The first-order valence-electron chi connectivity index (χ1n) is 5.47. The summed E-state index contributed by atoms with van der Waals surface area (Å²) in [6, 6.07) is 6.00. The van der Waals surface area contributed by atoms with Gasteiger partial charge in [0, 0.05) is 0 Å². The van der Waals surface area contributed by atoms with Gasteiger partial charge in [-0.3, -0.25) is 4.72 Å². The minimum atomic E-state index is -3.87. The highest BCUT2D eigenvalue weighted by atomic mass is 32.2. The topological polar surface area (TPSA) is 121 Å².